The molecule has 0 amide bonds. The molecule has 28 heavy (non-hydrogen) atoms. The molecule has 1 heterocycles. The minimum Gasteiger partial charge on any atom is -0.493 e. The molecular formula is C22H21NO5. The Hall–Kier alpha value is -3.41. The van der Waals surface area contributed by atoms with Gasteiger partial charge >= 0.3 is 11.9 Å². The number of benzene rings is 2. The minimum atomic E-state index is -0.534. The lowest BCUT2D eigenvalue weighted by Gasteiger charge is -2.08. The van der Waals surface area contributed by atoms with Gasteiger partial charge < -0.3 is 14.2 Å². The molecule has 0 fully saturated rings. The van der Waals surface area contributed by atoms with Crippen LogP contribution in [0.2, 0.25) is 0 Å². The number of cyclic esters (lactones) is 1. The van der Waals surface area contributed by atoms with Gasteiger partial charge in [-0.25, -0.2) is 9.79 Å². The van der Waals surface area contributed by atoms with Gasteiger partial charge in [0.1, 0.15) is 0 Å². The topological polar surface area (TPSA) is 74.2 Å². The molecule has 0 bridgehead atoms. The molecule has 0 aromatic heterocycles. The first kappa shape index (κ1) is 19.4. The summed E-state index contributed by atoms with van der Waals surface area (Å²) >= 11 is 0. The summed E-state index contributed by atoms with van der Waals surface area (Å²) in [5.41, 5.74) is 2.73. The van der Waals surface area contributed by atoms with Crippen LogP contribution in [0.4, 0.5) is 0 Å². The summed E-state index contributed by atoms with van der Waals surface area (Å²) in [5, 5.41) is 0. The maximum Gasteiger partial charge on any atom is 0.363 e. The minimum absolute atomic E-state index is 0.168. The molecule has 0 aliphatic carbocycles. The van der Waals surface area contributed by atoms with Crippen molar-refractivity contribution in [2.75, 3.05) is 7.11 Å². The molecule has 0 saturated heterocycles. The van der Waals surface area contributed by atoms with Crippen LogP contribution in [0, 0.1) is 0 Å². The number of carbonyl (C=O) groups is 2. The van der Waals surface area contributed by atoms with Gasteiger partial charge in [0.05, 0.1) is 7.11 Å². The van der Waals surface area contributed by atoms with Gasteiger partial charge in [-0.2, -0.15) is 0 Å². The highest BCUT2D eigenvalue weighted by atomic mass is 16.6. The van der Waals surface area contributed by atoms with Gasteiger partial charge in [0.15, 0.2) is 17.2 Å². The summed E-state index contributed by atoms with van der Waals surface area (Å²) in [6.07, 6.45) is 1.57. The molecule has 0 unspecified atom stereocenters. The van der Waals surface area contributed by atoms with Crippen molar-refractivity contribution in [1.82, 2.24) is 0 Å². The molecule has 0 saturated carbocycles. The van der Waals surface area contributed by atoms with Crippen LogP contribution < -0.4 is 9.47 Å². The van der Waals surface area contributed by atoms with Gasteiger partial charge in [-0.1, -0.05) is 32.0 Å². The quantitative estimate of drug-likeness (QED) is 0.444. The highest BCUT2D eigenvalue weighted by Crippen LogP contribution is 2.30. The first-order valence-electron chi connectivity index (χ1n) is 8.86. The molecule has 2 aromatic rings. The second-order valence-corrected chi connectivity index (χ2v) is 6.62. The molecular weight excluding hydrogens is 358 g/mol. The second kappa shape index (κ2) is 8.08. The Morgan fingerprint density at radius 3 is 2.43 bits per heavy atom. The Kier molecular flexibility index (Phi) is 5.59. The van der Waals surface area contributed by atoms with E-state index < -0.39 is 11.9 Å². The fraction of sp³-hybridized carbons (Fsp3) is 0.227. The SMILES string of the molecule is COc1ccc(/C=C2\N=C(c3ccc(C(C)C)cc3)OC2=O)cc1OC(C)=O. The van der Waals surface area contributed by atoms with E-state index in [0.717, 1.165) is 5.56 Å². The molecule has 1 aliphatic rings. The number of rotatable bonds is 5. The van der Waals surface area contributed by atoms with E-state index in [1.165, 1.54) is 19.6 Å². The summed E-state index contributed by atoms with van der Waals surface area (Å²) in [4.78, 5) is 27.8. The molecule has 0 spiro atoms. The van der Waals surface area contributed by atoms with Crippen LogP contribution in [0.25, 0.3) is 6.08 Å². The largest absolute Gasteiger partial charge is 0.493 e. The zero-order chi connectivity index (χ0) is 20.3. The van der Waals surface area contributed by atoms with Crippen LogP contribution in [0.15, 0.2) is 53.2 Å². The Balaban J connectivity index is 1.89. The molecule has 1 aliphatic heterocycles. The van der Waals surface area contributed by atoms with Crippen molar-refractivity contribution in [2.24, 2.45) is 4.99 Å². The lowest BCUT2D eigenvalue weighted by Crippen LogP contribution is -2.05. The predicted octanol–water partition coefficient (Wildman–Crippen LogP) is 4.09. The summed E-state index contributed by atoms with van der Waals surface area (Å²) in [6.45, 7) is 5.53. The maximum absolute atomic E-state index is 12.2. The van der Waals surface area contributed by atoms with Crippen molar-refractivity contribution >= 4 is 23.9 Å². The lowest BCUT2D eigenvalue weighted by molar-refractivity contribution is -0.132. The van der Waals surface area contributed by atoms with Gasteiger partial charge in [-0.15, -0.1) is 0 Å². The molecule has 0 radical (unpaired) electrons. The van der Waals surface area contributed by atoms with Crippen LogP contribution in [-0.2, 0) is 14.3 Å². The van der Waals surface area contributed by atoms with E-state index in [1.54, 1.807) is 24.3 Å². The average molecular weight is 379 g/mol. The first-order chi connectivity index (χ1) is 13.4. The van der Waals surface area contributed by atoms with E-state index in [0.29, 0.717) is 17.2 Å². The van der Waals surface area contributed by atoms with E-state index in [-0.39, 0.29) is 17.3 Å². The van der Waals surface area contributed by atoms with E-state index in [4.69, 9.17) is 14.2 Å². The zero-order valence-corrected chi connectivity index (χ0v) is 16.2. The van der Waals surface area contributed by atoms with Crippen LogP contribution >= 0.6 is 0 Å². The lowest BCUT2D eigenvalue weighted by atomic mass is 10.0. The Labute approximate surface area is 163 Å². The van der Waals surface area contributed by atoms with Crippen molar-refractivity contribution in [3.63, 3.8) is 0 Å². The standard InChI is InChI=1S/C22H21NO5/c1-13(2)16-6-8-17(9-7-16)21-23-18(22(25)28-21)11-15-5-10-19(26-4)20(12-15)27-14(3)24/h5-13H,1-4H3/b18-11-. The smallest absolute Gasteiger partial charge is 0.363 e. The molecule has 0 N–H and O–H groups in total. The Bertz CT molecular complexity index is 971. The van der Waals surface area contributed by atoms with E-state index in [9.17, 15) is 9.59 Å². The number of aliphatic imine (C=N–C) groups is 1. The number of methoxy groups -OCH3 is 1. The van der Waals surface area contributed by atoms with Crippen LogP contribution in [-0.4, -0.2) is 24.9 Å². The normalized spacial score (nSPS) is 14.8. The fourth-order valence-corrected chi connectivity index (χ4v) is 2.72. The molecule has 0 atom stereocenters. The van der Waals surface area contributed by atoms with Gasteiger partial charge in [-0.05, 0) is 47.4 Å². The number of carbonyl (C=O) groups excluding carboxylic acids is 2. The molecule has 3 rings (SSSR count). The van der Waals surface area contributed by atoms with Crippen molar-refractivity contribution in [1.29, 1.82) is 0 Å². The van der Waals surface area contributed by atoms with E-state index in [1.807, 2.05) is 24.3 Å². The zero-order valence-electron chi connectivity index (χ0n) is 16.2. The third-order valence-electron chi connectivity index (χ3n) is 4.19. The number of nitrogens with zero attached hydrogens (tertiary/aromatic N) is 1. The summed E-state index contributed by atoms with van der Waals surface area (Å²) in [5.74, 6) is 0.366. The number of esters is 2. The Morgan fingerprint density at radius 2 is 1.82 bits per heavy atom. The monoisotopic (exact) mass is 379 g/mol. The van der Waals surface area contributed by atoms with E-state index >= 15 is 0 Å². The highest BCUT2D eigenvalue weighted by molar-refractivity contribution is 6.12. The van der Waals surface area contributed by atoms with Crippen molar-refractivity contribution in [3.8, 4) is 11.5 Å². The molecule has 6 nitrogen and oxygen atoms in total. The second-order valence-electron chi connectivity index (χ2n) is 6.62. The number of ether oxygens (including phenoxy) is 3. The van der Waals surface area contributed by atoms with Gasteiger partial charge in [-0.3, -0.25) is 4.79 Å². The Morgan fingerprint density at radius 1 is 1.11 bits per heavy atom. The van der Waals surface area contributed by atoms with Gasteiger partial charge in [0.2, 0.25) is 5.90 Å². The average Bonchev–Trinajstić information content (AvgIpc) is 3.02. The number of hydrogen-bond donors (Lipinski definition) is 0. The fourth-order valence-electron chi connectivity index (χ4n) is 2.72. The van der Waals surface area contributed by atoms with Crippen molar-refractivity contribution < 1.29 is 23.8 Å². The van der Waals surface area contributed by atoms with Gasteiger partial charge in [0, 0.05) is 12.5 Å². The van der Waals surface area contributed by atoms with Crippen molar-refractivity contribution in [2.45, 2.75) is 26.7 Å². The predicted molar refractivity (Wildman–Crippen MR) is 105 cm³/mol. The number of hydrogen-bond acceptors (Lipinski definition) is 6. The molecule has 6 heteroatoms. The van der Waals surface area contributed by atoms with Crippen LogP contribution in [0.3, 0.4) is 0 Å². The molecule has 144 valence electrons. The maximum atomic E-state index is 12.2. The van der Waals surface area contributed by atoms with Crippen molar-refractivity contribution in [3.05, 3.63) is 64.9 Å². The van der Waals surface area contributed by atoms with Gasteiger partial charge in [0.25, 0.3) is 0 Å². The third kappa shape index (κ3) is 4.28. The third-order valence-corrected chi connectivity index (χ3v) is 4.19. The summed E-state index contributed by atoms with van der Waals surface area (Å²) < 4.78 is 15.6. The summed E-state index contributed by atoms with van der Waals surface area (Å²) in [6, 6.07) is 12.7. The molecule has 2 aromatic carbocycles. The first-order valence-corrected chi connectivity index (χ1v) is 8.86. The highest BCUT2D eigenvalue weighted by Gasteiger charge is 2.24. The van der Waals surface area contributed by atoms with E-state index in [2.05, 4.69) is 18.8 Å². The van der Waals surface area contributed by atoms with Crippen LogP contribution in [0.1, 0.15) is 43.4 Å². The summed E-state index contributed by atoms with van der Waals surface area (Å²) in [7, 11) is 1.48. The van der Waals surface area contributed by atoms with Crippen LogP contribution in [0.5, 0.6) is 11.5 Å².